The van der Waals surface area contributed by atoms with Crippen LogP contribution in [0.4, 0.5) is 0 Å². The lowest BCUT2D eigenvalue weighted by Gasteiger charge is -2.32. The first-order chi connectivity index (χ1) is 12.8. The third kappa shape index (κ3) is 5.83. The first kappa shape index (κ1) is 19.9. The smallest absolute Gasteiger partial charge is 0.193 e. The van der Waals surface area contributed by atoms with Crippen LogP contribution in [0.2, 0.25) is 0 Å². The highest BCUT2D eigenvalue weighted by atomic mass is 16.5. The number of rotatable bonds is 6. The Morgan fingerprint density at radius 1 is 1.08 bits per heavy atom. The molecule has 150 valence electrons. The van der Waals surface area contributed by atoms with Gasteiger partial charge in [0.2, 0.25) is 0 Å². The van der Waals surface area contributed by atoms with Gasteiger partial charge in [0.25, 0.3) is 0 Å². The number of nitrogens with one attached hydrogen (secondary N) is 1. The highest BCUT2D eigenvalue weighted by Crippen LogP contribution is 2.17. The molecule has 0 aromatic carbocycles. The summed E-state index contributed by atoms with van der Waals surface area (Å²) < 4.78 is 5.49. The van der Waals surface area contributed by atoms with E-state index in [1.165, 1.54) is 51.7 Å². The number of piperidine rings is 1. The SMILES string of the molecule is CN=C(NCCCCN1CCCC(C)C1)N1CCC(N2CCOCC2)C1. The van der Waals surface area contributed by atoms with Gasteiger partial charge in [-0.15, -0.1) is 0 Å². The lowest BCUT2D eigenvalue weighted by molar-refractivity contribution is 0.0195. The van der Waals surface area contributed by atoms with Crippen LogP contribution < -0.4 is 5.32 Å². The molecule has 3 heterocycles. The molecule has 6 nitrogen and oxygen atoms in total. The predicted molar refractivity (Wildman–Crippen MR) is 108 cm³/mol. The van der Waals surface area contributed by atoms with Crippen LogP contribution in [0.25, 0.3) is 0 Å². The first-order valence-corrected chi connectivity index (χ1v) is 10.8. The molecule has 0 aliphatic carbocycles. The monoisotopic (exact) mass is 365 g/mol. The van der Waals surface area contributed by atoms with Crippen LogP contribution in [-0.4, -0.2) is 99.3 Å². The molecular formula is C20H39N5O. The van der Waals surface area contributed by atoms with Crippen LogP contribution in [0.3, 0.4) is 0 Å². The predicted octanol–water partition coefficient (Wildman–Crippen LogP) is 1.48. The molecule has 6 heteroatoms. The molecule has 0 aromatic heterocycles. The largest absolute Gasteiger partial charge is 0.379 e. The zero-order chi connectivity index (χ0) is 18.2. The molecule has 3 rings (SSSR count). The van der Waals surface area contributed by atoms with Crippen LogP contribution in [0.1, 0.15) is 39.0 Å². The number of unbranched alkanes of at least 4 members (excludes halogenated alkanes) is 1. The van der Waals surface area contributed by atoms with Gasteiger partial charge in [-0.25, -0.2) is 0 Å². The number of aliphatic imine (C=N–C) groups is 1. The average molecular weight is 366 g/mol. The van der Waals surface area contributed by atoms with Crippen molar-refractivity contribution in [2.24, 2.45) is 10.9 Å². The fraction of sp³-hybridized carbons (Fsp3) is 0.950. The molecule has 0 bridgehead atoms. The Morgan fingerprint density at radius 2 is 1.92 bits per heavy atom. The van der Waals surface area contributed by atoms with Crippen LogP contribution in [0.5, 0.6) is 0 Å². The second-order valence-electron chi connectivity index (χ2n) is 8.27. The third-order valence-corrected chi connectivity index (χ3v) is 6.16. The first-order valence-electron chi connectivity index (χ1n) is 10.8. The maximum absolute atomic E-state index is 5.49. The second-order valence-corrected chi connectivity index (χ2v) is 8.27. The Bertz CT molecular complexity index is 438. The molecule has 0 amide bonds. The van der Waals surface area contributed by atoms with Crippen molar-refractivity contribution in [1.29, 1.82) is 0 Å². The summed E-state index contributed by atoms with van der Waals surface area (Å²) in [7, 11) is 1.92. The van der Waals surface area contributed by atoms with E-state index in [0.717, 1.165) is 57.8 Å². The zero-order valence-corrected chi connectivity index (χ0v) is 17.0. The molecule has 0 saturated carbocycles. The standard InChI is InChI=1S/C20H39N5O/c1-18-6-5-10-23(16-18)9-4-3-8-22-20(21-2)25-11-7-19(17-25)24-12-14-26-15-13-24/h18-19H,3-17H2,1-2H3,(H,21,22). The highest BCUT2D eigenvalue weighted by molar-refractivity contribution is 5.80. The van der Waals surface area contributed by atoms with Crippen LogP contribution in [0.15, 0.2) is 4.99 Å². The van der Waals surface area contributed by atoms with E-state index in [0.29, 0.717) is 6.04 Å². The molecule has 2 atom stereocenters. The molecule has 26 heavy (non-hydrogen) atoms. The number of hydrogen-bond donors (Lipinski definition) is 1. The maximum Gasteiger partial charge on any atom is 0.193 e. The molecular weight excluding hydrogens is 326 g/mol. The van der Waals surface area contributed by atoms with E-state index < -0.39 is 0 Å². The summed E-state index contributed by atoms with van der Waals surface area (Å²) in [6, 6.07) is 0.665. The number of nitrogens with zero attached hydrogens (tertiary/aromatic N) is 4. The minimum Gasteiger partial charge on any atom is -0.379 e. The van der Waals surface area contributed by atoms with E-state index in [9.17, 15) is 0 Å². The topological polar surface area (TPSA) is 43.3 Å². The van der Waals surface area contributed by atoms with Crippen molar-refractivity contribution in [2.75, 3.05) is 72.6 Å². The van der Waals surface area contributed by atoms with Crippen molar-refractivity contribution in [2.45, 2.75) is 45.1 Å². The molecule has 1 N–H and O–H groups in total. The third-order valence-electron chi connectivity index (χ3n) is 6.16. The minimum atomic E-state index is 0.665. The summed E-state index contributed by atoms with van der Waals surface area (Å²) in [6.45, 7) is 13.4. The summed E-state index contributed by atoms with van der Waals surface area (Å²) in [5.41, 5.74) is 0. The molecule has 2 unspecified atom stereocenters. The number of guanidine groups is 1. The molecule has 3 fully saturated rings. The molecule has 3 aliphatic rings. The van der Waals surface area contributed by atoms with Gasteiger partial charge in [0.1, 0.15) is 0 Å². The normalized spacial score (nSPS) is 29.3. The van der Waals surface area contributed by atoms with Crippen molar-refractivity contribution in [1.82, 2.24) is 20.0 Å². The van der Waals surface area contributed by atoms with Crippen LogP contribution >= 0.6 is 0 Å². The summed E-state index contributed by atoms with van der Waals surface area (Å²) in [5, 5.41) is 3.60. The van der Waals surface area contributed by atoms with E-state index in [1.54, 1.807) is 0 Å². The summed E-state index contributed by atoms with van der Waals surface area (Å²) in [4.78, 5) is 12.2. The molecule has 0 aromatic rings. The van der Waals surface area contributed by atoms with Crippen LogP contribution in [-0.2, 0) is 4.74 Å². The van der Waals surface area contributed by atoms with Crippen molar-refractivity contribution in [3.63, 3.8) is 0 Å². The van der Waals surface area contributed by atoms with Crippen molar-refractivity contribution in [3.8, 4) is 0 Å². The van der Waals surface area contributed by atoms with Crippen molar-refractivity contribution in [3.05, 3.63) is 0 Å². The Hall–Kier alpha value is -0.850. The molecule has 3 aliphatic heterocycles. The number of morpholine rings is 1. The fourth-order valence-electron chi connectivity index (χ4n) is 4.66. The molecule has 0 spiro atoms. The van der Waals surface area contributed by atoms with Gasteiger partial charge in [-0.3, -0.25) is 9.89 Å². The van der Waals surface area contributed by atoms with Crippen molar-refractivity contribution < 1.29 is 4.74 Å². The second kappa shape index (κ2) is 10.5. The minimum absolute atomic E-state index is 0.665. The summed E-state index contributed by atoms with van der Waals surface area (Å²) in [6.07, 6.45) is 6.55. The average Bonchev–Trinajstić information content (AvgIpc) is 3.15. The Labute approximate surface area is 159 Å². The quantitative estimate of drug-likeness (QED) is 0.439. The van der Waals surface area contributed by atoms with E-state index in [4.69, 9.17) is 4.74 Å². The number of likely N-dealkylation sites (tertiary alicyclic amines) is 2. The maximum atomic E-state index is 5.49. The lowest BCUT2D eigenvalue weighted by atomic mass is 10.0. The van der Waals surface area contributed by atoms with E-state index in [-0.39, 0.29) is 0 Å². The van der Waals surface area contributed by atoms with Gasteiger partial charge >= 0.3 is 0 Å². The van der Waals surface area contributed by atoms with Gasteiger partial charge < -0.3 is 19.9 Å². The van der Waals surface area contributed by atoms with E-state index >= 15 is 0 Å². The highest BCUT2D eigenvalue weighted by Gasteiger charge is 2.30. The van der Waals surface area contributed by atoms with Gasteiger partial charge in [-0.2, -0.15) is 0 Å². The number of ether oxygens (including phenoxy) is 1. The van der Waals surface area contributed by atoms with Gasteiger partial charge in [0.05, 0.1) is 13.2 Å². The summed E-state index contributed by atoms with van der Waals surface area (Å²) >= 11 is 0. The van der Waals surface area contributed by atoms with Crippen LogP contribution in [0, 0.1) is 5.92 Å². The fourth-order valence-corrected chi connectivity index (χ4v) is 4.66. The van der Waals surface area contributed by atoms with Gasteiger partial charge in [-0.1, -0.05) is 6.92 Å². The Kier molecular flexibility index (Phi) is 8.02. The number of hydrogen-bond acceptors (Lipinski definition) is 4. The molecule has 0 radical (unpaired) electrons. The molecule has 3 saturated heterocycles. The Morgan fingerprint density at radius 3 is 2.69 bits per heavy atom. The van der Waals surface area contributed by atoms with Gasteiger partial charge in [-0.05, 0) is 51.1 Å². The Balaban J connectivity index is 1.31. The van der Waals surface area contributed by atoms with Crippen molar-refractivity contribution >= 4 is 5.96 Å². The summed E-state index contributed by atoms with van der Waals surface area (Å²) in [5.74, 6) is 1.97. The van der Waals surface area contributed by atoms with Gasteiger partial charge in [0, 0.05) is 52.4 Å². The lowest BCUT2D eigenvalue weighted by Crippen LogP contribution is -2.46. The van der Waals surface area contributed by atoms with E-state index in [1.807, 2.05) is 7.05 Å². The van der Waals surface area contributed by atoms with Gasteiger partial charge in [0.15, 0.2) is 5.96 Å². The zero-order valence-electron chi connectivity index (χ0n) is 17.0. The van der Waals surface area contributed by atoms with E-state index in [2.05, 4.69) is 31.9 Å².